The number of halogens is 1. The van der Waals surface area contributed by atoms with Crippen molar-refractivity contribution < 1.29 is 14.6 Å². The summed E-state index contributed by atoms with van der Waals surface area (Å²) in [6.45, 7) is 2.42. The highest BCUT2D eigenvalue weighted by molar-refractivity contribution is 6.32. The first kappa shape index (κ1) is 15.3. The largest absolute Gasteiger partial charge is 0.394 e. The van der Waals surface area contributed by atoms with Gasteiger partial charge in [0, 0.05) is 18.7 Å². The molecular weight excluding hydrogens is 278 g/mol. The molecule has 1 fully saturated rings. The number of amides is 1. The topological polar surface area (TPSA) is 49.8 Å². The van der Waals surface area contributed by atoms with Crippen LogP contribution in [0.1, 0.15) is 17.5 Å². The smallest absolute Gasteiger partial charge is 0.227 e. The predicted octanol–water partition coefficient (Wildman–Crippen LogP) is 1.80. The highest BCUT2D eigenvalue weighted by Crippen LogP contribution is 2.24. The van der Waals surface area contributed by atoms with Crippen molar-refractivity contribution in [3.63, 3.8) is 0 Å². The standard InChI is InChI=1S/C15H20ClNO3/c1-10-4-3-5-11(15(10)16)6-14(19)17-8-13(20-2)7-12(17)9-18/h3-5,12-13,18H,6-9H2,1-2H3/t12-,13-/m0/s1. The van der Waals surface area contributed by atoms with Gasteiger partial charge in [-0.3, -0.25) is 4.79 Å². The fraction of sp³-hybridized carbons (Fsp3) is 0.533. The van der Waals surface area contributed by atoms with Crippen molar-refractivity contribution in [2.75, 3.05) is 20.3 Å². The third-order valence-electron chi connectivity index (χ3n) is 3.85. The van der Waals surface area contributed by atoms with E-state index < -0.39 is 0 Å². The molecule has 2 rings (SSSR count). The van der Waals surface area contributed by atoms with Crippen LogP contribution in [0.15, 0.2) is 18.2 Å². The third kappa shape index (κ3) is 3.14. The van der Waals surface area contributed by atoms with Crippen LogP contribution >= 0.6 is 11.6 Å². The minimum atomic E-state index is -0.156. The number of benzene rings is 1. The van der Waals surface area contributed by atoms with Crippen molar-refractivity contribution in [3.8, 4) is 0 Å². The Morgan fingerprint density at radius 3 is 2.95 bits per heavy atom. The van der Waals surface area contributed by atoms with E-state index in [1.165, 1.54) is 0 Å². The first-order valence-corrected chi connectivity index (χ1v) is 7.11. The Balaban J connectivity index is 2.09. The van der Waals surface area contributed by atoms with Gasteiger partial charge in [0.1, 0.15) is 0 Å². The molecule has 110 valence electrons. The van der Waals surface area contributed by atoms with E-state index in [-0.39, 0.29) is 31.1 Å². The van der Waals surface area contributed by atoms with Crippen molar-refractivity contribution in [2.45, 2.75) is 31.9 Å². The van der Waals surface area contributed by atoms with E-state index in [4.69, 9.17) is 16.3 Å². The summed E-state index contributed by atoms with van der Waals surface area (Å²) in [6, 6.07) is 5.53. The van der Waals surface area contributed by atoms with Crippen LogP contribution in [0, 0.1) is 6.92 Å². The van der Waals surface area contributed by atoms with E-state index in [1.54, 1.807) is 12.0 Å². The number of carbonyl (C=O) groups is 1. The second kappa shape index (κ2) is 6.57. The summed E-state index contributed by atoms with van der Waals surface area (Å²) < 4.78 is 5.29. The molecule has 1 N–H and O–H groups in total. The van der Waals surface area contributed by atoms with Crippen molar-refractivity contribution in [2.24, 2.45) is 0 Å². The minimum Gasteiger partial charge on any atom is -0.394 e. The van der Waals surface area contributed by atoms with Gasteiger partial charge in [-0.1, -0.05) is 29.8 Å². The van der Waals surface area contributed by atoms with Crippen molar-refractivity contribution in [1.82, 2.24) is 4.90 Å². The normalized spacial score (nSPS) is 22.3. The van der Waals surface area contributed by atoms with E-state index in [9.17, 15) is 9.90 Å². The predicted molar refractivity (Wildman–Crippen MR) is 77.9 cm³/mol. The minimum absolute atomic E-state index is 0.00378. The fourth-order valence-electron chi connectivity index (χ4n) is 2.63. The molecule has 1 aliphatic rings. The van der Waals surface area contributed by atoms with Gasteiger partial charge in [-0.05, 0) is 24.5 Å². The van der Waals surface area contributed by atoms with Crippen LogP contribution in [-0.4, -0.2) is 48.3 Å². The first-order valence-electron chi connectivity index (χ1n) is 6.74. The van der Waals surface area contributed by atoms with Gasteiger partial charge < -0.3 is 14.7 Å². The van der Waals surface area contributed by atoms with Gasteiger partial charge >= 0.3 is 0 Å². The molecule has 1 aromatic carbocycles. The molecule has 0 aliphatic carbocycles. The summed E-state index contributed by atoms with van der Waals surface area (Å²) >= 11 is 6.23. The van der Waals surface area contributed by atoms with Gasteiger partial charge in [-0.2, -0.15) is 0 Å². The van der Waals surface area contributed by atoms with E-state index >= 15 is 0 Å². The van der Waals surface area contributed by atoms with Crippen molar-refractivity contribution >= 4 is 17.5 Å². The summed E-state index contributed by atoms with van der Waals surface area (Å²) in [7, 11) is 1.63. The van der Waals surface area contributed by atoms with Crippen LogP contribution in [0.4, 0.5) is 0 Å². The monoisotopic (exact) mass is 297 g/mol. The van der Waals surface area contributed by atoms with E-state index in [0.29, 0.717) is 18.0 Å². The summed E-state index contributed by atoms with van der Waals surface area (Å²) in [5.74, 6) is -0.0175. The Hall–Kier alpha value is -1.10. The molecule has 1 amide bonds. The Morgan fingerprint density at radius 2 is 2.30 bits per heavy atom. The summed E-state index contributed by atoms with van der Waals surface area (Å²) in [4.78, 5) is 14.1. The van der Waals surface area contributed by atoms with E-state index in [0.717, 1.165) is 11.1 Å². The highest BCUT2D eigenvalue weighted by Gasteiger charge is 2.34. The molecule has 1 aromatic rings. The molecule has 4 nitrogen and oxygen atoms in total. The van der Waals surface area contributed by atoms with Gasteiger partial charge in [-0.25, -0.2) is 0 Å². The van der Waals surface area contributed by atoms with Crippen LogP contribution in [-0.2, 0) is 16.0 Å². The molecule has 2 atom stereocenters. The molecule has 0 spiro atoms. The van der Waals surface area contributed by atoms with Gasteiger partial charge in [0.25, 0.3) is 0 Å². The molecule has 0 unspecified atom stereocenters. The Kier molecular flexibility index (Phi) is 5.02. The van der Waals surface area contributed by atoms with Gasteiger partial charge in [0.15, 0.2) is 0 Å². The third-order valence-corrected chi connectivity index (χ3v) is 4.39. The van der Waals surface area contributed by atoms with Gasteiger partial charge in [0.2, 0.25) is 5.91 Å². The van der Waals surface area contributed by atoms with E-state index in [2.05, 4.69) is 0 Å². The van der Waals surface area contributed by atoms with Crippen molar-refractivity contribution in [3.05, 3.63) is 34.3 Å². The lowest BCUT2D eigenvalue weighted by molar-refractivity contribution is -0.132. The van der Waals surface area contributed by atoms with Crippen LogP contribution < -0.4 is 0 Å². The second-order valence-electron chi connectivity index (χ2n) is 5.20. The van der Waals surface area contributed by atoms with Crippen LogP contribution in [0.5, 0.6) is 0 Å². The molecule has 5 heteroatoms. The fourth-order valence-corrected chi connectivity index (χ4v) is 2.82. The molecular formula is C15H20ClNO3. The number of likely N-dealkylation sites (tertiary alicyclic amines) is 1. The number of methoxy groups -OCH3 is 1. The molecule has 20 heavy (non-hydrogen) atoms. The zero-order valence-corrected chi connectivity index (χ0v) is 12.6. The Morgan fingerprint density at radius 1 is 1.55 bits per heavy atom. The number of aryl methyl sites for hydroxylation is 1. The van der Waals surface area contributed by atoms with Crippen LogP contribution in [0.3, 0.4) is 0 Å². The van der Waals surface area contributed by atoms with E-state index in [1.807, 2.05) is 25.1 Å². The average molecular weight is 298 g/mol. The number of hydrogen-bond donors (Lipinski definition) is 1. The van der Waals surface area contributed by atoms with Gasteiger partial charge in [0.05, 0.1) is 25.2 Å². The SMILES string of the molecule is CO[C@H]1C[C@@H](CO)N(C(=O)Cc2cccc(C)c2Cl)C1. The molecule has 1 aliphatic heterocycles. The lowest BCUT2D eigenvalue weighted by Crippen LogP contribution is -2.39. The van der Waals surface area contributed by atoms with Crippen LogP contribution in [0.25, 0.3) is 0 Å². The quantitative estimate of drug-likeness (QED) is 0.922. The number of ether oxygens (including phenoxy) is 1. The van der Waals surface area contributed by atoms with Crippen molar-refractivity contribution in [1.29, 1.82) is 0 Å². The number of rotatable bonds is 4. The first-order chi connectivity index (χ1) is 9.56. The molecule has 0 saturated carbocycles. The molecule has 1 saturated heterocycles. The summed E-state index contributed by atoms with van der Waals surface area (Å²) in [5, 5.41) is 10.0. The molecule has 0 aromatic heterocycles. The number of aliphatic hydroxyl groups excluding tert-OH is 1. The number of aliphatic hydroxyl groups is 1. The lowest BCUT2D eigenvalue weighted by Gasteiger charge is -2.23. The van der Waals surface area contributed by atoms with Crippen LogP contribution in [0.2, 0.25) is 5.02 Å². The highest BCUT2D eigenvalue weighted by atomic mass is 35.5. The number of carbonyl (C=O) groups excluding carboxylic acids is 1. The summed E-state index contributed by atoms with van der Waals surface area (Å²) in [6.07, 6.45) is 0.942. The maximum Gasteiger partial charge on any atom is 0.227 e. The second-order valence-corrected chi connectivity index (χ2v) is 5.58. The maximum atomic E-state index is 12.4. The lowest BCUT2D eigenvalue weighted by atomic mass is 10.1. The van der Waals surface area contributed by atoms with Gasteiger partial charge in [-0.15, -0.1) is 0 Å². The maximum absolute atomic E-state index is 12.4. The Labute approximate surface area is 124 Å². The number of nitrogens with zero attached hydrogens (tertiary/aromatic N) is 1. The molecule has 1 heterocycles. The zero-order chi connectivity index (χ0) is 14.7. The average Bonchev–Trinajstić information content (AvgIpc) is 2.87. The molecule has 0 radical (unpaired) electrons. The Bertz CT molecular complexity index is 492. The number of hydrogen-bond acceptors (Lipinski definition) is 3. The summed E-state index contributed by atoms with van der Waals surface area (Å²) in [5.41, 5.74) is 1.79. The zero-order valence-electron chi connectivity index (χ0n) is 11.8. The molecule has 0 bridgehead atoms.